The third-order valence-electron chi connectivity index (χ3n) is 4.17. The number of amides is 1. The lowest BCUT2D eigenvalue weighted by atomic mass is 9.87. The van der Waals surface area contributed by atoms with E-state index in [1.54, 1.807) is 13.0 Å². The molecule has 0 unspecified atom stereocenters. The molecule has 1 saturated carbocycles. The number of nitrogens with one attached hydrogen (secondary N) is 1. The zero-order valence-corrected chi connectivity index (χ0v) is 14.8. The molecule has 1 aromatic rings. The Hall–Kier alpha value is -1.18. The molecule has 0 aliphatic heterocycles. The highest BCUT2D eigenvalue weighted by Crippen LogP contribution is 2.26. The molecule has 23 heavy (non-hydrogen) atoms. The number of carbonyl (C=O) groups is 1. The van der Waals surface area contributed by atoms with Gasteiger partial charge in [0, 0.05) is 12.2 Å². The molecule has 128 valence electrons. The maximum absolute atomic E-state index is 12.3. The first-order valence-corrected chi connectivity index (χ1v) is 9.47. The van der Waals surface area contributed by atoms with Gasteiger partial charge in [0.1, 0.15) is 0 Å². The topological polar surface area (TPSA) is 85.4 Å². The molecule has 0 atom stereocenters. The van der Waals surface area contributed by atoms with Gasteiger partial charge in [-0.25, -0.2) is 0 Å². The van der Waals surface area contributed by atoms with Crippen molar-refractivity contribution in [1.82, 2.24) is 10.3 Å². The van der Waals surface area contributed by atoms with Gasteiger partial charge in [-0.05, 0) is 44.6 Å². The molecule has 8 heteroatoms. The number of halogens is 1. The van der Waals surface area contributed by atoms with Gasteiger partial charge in [-0.3, -0.25) is 14.0 Å². The number of hydrogen-bond acceptors (Lipinski definition) is 5. The van der Waals surface area contributed by atoms with E-state index in [9.17, 15) is 13.2 Å². The van der Waals surface area contributed by atoms with Gasteiger partial charge in [-0.2, -0.15) is 8.42 Å². The molecular weight excluding hydrogens is 340 g/mol. The maximum Gasteiger partial charge on any atom is 0.267 e. The van der Waals surface area contributed by atoms with Crippen LogP contribution < -0.4 is 5.32 Å². The minimum absolute atomic E-state index is 0.0431. The summed E-state index contributed by atoms with van der Waals surface area (Å²) in [5.74, 6) is -0.0604. The van der Waals surface area contributed by atoms with E-state index in [0.29, 0.717) is 16.3 Å². The average Bonchev–Trinajstić information content (AvgIpc) is 2.51. The summed E-state index contributed by atoms with van der Waals surface area (Å²) < 4.78 is 27.4. The number of nitrogens with zero attached hydrogens (tertiary/aromatic N) is 1. The van der Waals surface area contributed by atoms with Gasteiger partial charge in [0.2, 0.25) is 0 Å². The summed E-state index contributed by atoms with van der Waals surface area (Å²) in [5.41, 5.74) is 1.10. The molecule has 0 bridgehead atoms. The summed E-state index contributed by atoms with van der Waals surface area (Å²) >= 11 is 5.89. The second kappa shape index (κ2) is 7.59. The van der Waals surface area contributed by atoms with Crippen LogP contribution in [0.4, 0.5) is 0 Å². The molecule has 0 radical (unpaired) electrons. The Morgan fingerprint density at radius 3 is 2.65 bits per heavy atom. The fourth-order valence-corrected chi connectivity index (χ4v) is 4.04. The SMILES string of the molecule is COS(=O)(=O)CC1CCC(NC(=O)c2cc(Cl)cnc2C)CC1. The summed E-state index contributed by atoms with van der Waals surface area (Å²) in [4.78, 5) is 16.4. The first-order valence-electron chi connectivity index (χ1n) is 7.52. The van der Waals surface area contributed by atoms with Gasteiger partial charge in [0.15, 0.2) is 0 Å². The Morgan fingerprint density at radius 2 is 2.04 bits per heavy atom. The van der Waals surface area contributed by atoms with Gasteiger partial charge in [-0.1, -0.05) is 11.6 Å². The Balaban J connectivity index is 1.89. The van der Waals surface area contributed by atoms with Crippen LogP contribution in [-0.2, 0) is 14.3 Å². The van der Waals surface area contributed by atoms with Gasteiger partial charge in [-0.15, -0.1) is 0 Å². The number of aromatic nitrogens is 1. The van der Waals surface area contributed by atoms with Gasteiger partial charge in [0.05, 0.1) is 29.1 Å². The van der Waals surface area contributed by atoms with Crippen molar-refractivity contribution in [3.05, 3.63) is 28.5 Å². The number of aryl methyl sites for hydroxylation is 1. The molecule has 1 aromatic heterocycles. The quantitative estimate of drug-likeness (QED) is 0.814. The van der Waals surface area contributed by atoms with E-state index in [1.165, 1.54) is 13.3 Å². The lowest BCUT2D eigenvalue weighted by molar-refractivity contribution is 0.0922. The number of carbonyl (C=O) groups excluding carboxylic acids is 1. The van der Waals surface area contributed by atoms with Crippen LogP contribution in [-0.4, -0.2) is 38.2 Å². The van der Waals surface area contributed by atoms with Crippen LogP contribution in [0.1, 0.15) is 41.7 Å². The summed E-state index contributed by atoms with van der Waals surface area (Å²) in [5, 5.41) is 3.41. The highest BCUT2D eigenvalue weighted by atomic mass is 35.5. The first-order chi connectivity index (χ1) is 10.8. The van der Waals surface area contributed by atoms with Crippen LogP contribution in [0.3, 0.4) is 0 Å². The van der Waals surface area contributed by atoms with Crippen LogP contribution in [0.5, 0.6) is 0 Å². The van der Waals surface area contributed by atoms with Crippen LogP contribution in [0.15, 0.2) is 12.3 Å². The normalized spacial score (nSPS) is 21.9. The average molecular weight is 361 g/mol. The van der Waals surface area contributed by atoms with Crippen LogP contribution in [0, 0.1) is 12.8 Å². The fraction of sp³-hybridized carbons (Fsp3) is 0.600. The third kappa shape index (κ3) is 5.16. The van der Waals surface area contributed by atoms with Crippen molar-refractivity contribution >= 4 is 27.6 Å². The molecule has 0 spiro atoms. The van der Waals surface area contributed by atoms with E-state index in [1.807, 2.05) is 0 Å². The van der Waals surface area contributed by atoms with Crippen molar-refractivity contribution in [2.75, 3.05) is 12.9 Å². The largest absolute Gasteiger partial charge is 0.349 e. The fourth-order valence-electron chi connectivity index (χ4n) is 2.83. The van der Waals surface area contributed by atoms with Crippen molar-refractivity contribution in [2.45, 2.75) is 38.6 Å². The van der Waals surface area contributed by atoms with E-state index < -0.39 is 10.1 Å². The van der Waals surface area contributed by atoms with Gasteiger partial charge >= 0.3 is 0 Å². The second-order valence-electron chi connectivity index (χ2n) is 5.87. The molecule has 0 saturated heterocycles. The Bertz CT molecular complexity index is 670. The number of rotatable bonds is 5. The predicted octanol–water partition coefficient (Wildman–Crippen LogP) is 2.31. The smallest absolute Gasteiger partial charge is 0.267 e. The van der Waals surface area contributed by atoms with Crippen molar-refractivity contribution in [3.63, 3.8) is 0 Å². The lowest BCUT2D eigenvalue weighted by Crippen LogP contribution is -2.38. The highest BCUT2D eigenvalue weighted by molar-refractivity contribution is 7.86. The van der Waals surface area contributed by atoms with Crippen molar-refractivity contribution in [1.29, 1.82) is 0 Å². The van der Waals surface area contributed by atoms with Crippen molar-refractivity contribution in [3.8, 4) is 0 Å². The zero-order valence-electron chi connectivity index (χ0n) is 13.2. The minimum Gasteiger partial charge on any atom is -0.349 e. The molecule has 0 aromatic carbocycles. The standard InChI is InChI=1S/C15H21ClN2O4S/c1-10-14(7-12(16)8-17-10)15(19)18-13-5-3-11(4-6-13)9-23(20,21)22-2/h7-8,11,13H,3-6,9H2,1-2H3,(H,18,19). The molecular formula is C15H21ClN2O4S. The van der Waals surface area contributed by atoms with E-state index in [0.717, 1.165) is 25.7 Å². The molecule has 2 rings (SSSR count). The second-order valence-corrected chi connectivity index (χ2v) is 8.09. The molecule has 1 fully saturated rings. The van der Waals surface area contributed by atoms with Crippen LogP contribution in [0.25, 0.3) is 0 Å². The number of hydrogen-bond donors (Lipinski definition) is 1. The minimum atomic E-state index is -3.42. The van der Waals surface area contributed by atoms with E-state index in [4.69, 9.17) is 11.6 Å². The van der Waals surface area contributed by atoms with Crippen LogP contribution >= 0.6 is 11.6 Å². The van der Waals surface area contributed by atoms with Crippen LogP contribution in [0.2, 0.25) is 5.02 Å². The zero-order chi connectivity index (χ0) is 17.0. The first kappa shape index (κ1) is 18.2. The summed E-state index contributed by atoms with van der Waals surface area (Å²) in [6, 6.07) is 1.65. The summed E-state index contributed by atoms with van der Waals surface area (Å²) in [6.07, 6.45) is 4.51. The molecule has 1 amide bonds. The van der Waals surface area contributed by atoms with Crippen molar-refractivity contribution < 1.29 is 17.4 Å². The van der Waals surface area contributed by atoms with E-state index in [2.05, 4.69) is 14.5 Å². The summed E-state index contributed by atoms with van der Waals surface area (Å²) in [6.45, 7) is 1.76. The van der Waals surface area contributed by atoms with Gasteiger partial charge < -0.3 is 5.32 Å². The Kier molecular flexibility index (Phi) is 6.00. The molecule has 6 nitrogen and oxygen atoms in total. The molecule has 1 N–H and O–H groups in total. The van der Waals surface area contributed by atoms with E-state index in [-0.39, 0.29) is 23.6 Å². The monoisotopic (exact) mass is 360 g/mol. The Morgan fingerprint density at radius 1 is 1.39 bits per heavy atom. The van der Waals surface area contributed by atoms with E-state index >= 15 is 0 Å². The summed E-state index contributed by atoms with van der Waals surface area (Å²) in [7, 11) is -2.24. The predicted molar refractivity (Wildman–Crippen MR) is 88.0 cm³/mol. The number of pyridine rings is 1. The highest BCUT2D eigenvalue weighted by Gasteiger charge is 2.27. The Labute approximate surface area is 141 Å². The molecule has 1 aliphatic rings. The molecule has 1 heterocycles. The maximum atomic E-state index is 12.3. The van der Waals surface area contributed by atoms with Crippen molar-refractivity contribution in [2.24, 2.45) is 5.92 Å². The third-order valence-corrected chi connectivity index (χ3v) is 5.77. The van der Waals surface area contributed by atoms with Gasteiger partial charge in [0.25, 0.3) is 16.0 Å². The lowest BCUT2D eigenvalue weighted by Gasteiger charge is -2.28. The molecule has 1 aliphatic carbocycles.